The number of nitrogens with zero attached hydrogens (tertiary/aromatic N) is 2. The van der Waals surface area contributed by atoms with Crippen LogP contribution in [0.4, 0.5) is 0 Å². The summed E-state index contributed by atoms with van der Waals surface area (Å²) in [6.45, 7) is 2.69. The quantitative estimate of drug-likeness (QED) is 0.206. The smallest absolute Gasteiger partial charge is 0.207 e. The Balaban J connectivity index is 3.41. The monoisotopic (exact) mass is 176 g/mol. The molecule has 0 aliphatic heterocycles. The predicted molar refractivity (Wildman–Crippen MR) is 44.6 cm³/mol. The number of hydrogen-bond donors (Lipinski definition) is 4. The number of aliphatic imine (C=N–C) groups is 1. The fraction of sp³-hybridized carbons (Fsp3) is 0.833. The van der Waals surface area contributed by atoms with Crippen LogP contribution in [0, 0.1) is 0 Å². The lowest BCUT2D eigenvalue weighted by Gasteiger charge is -2.07. The van der Waals surface area contributed by atoms with Gasteiger partial charge in [-0.25, -0.2) is 5.43 Å². The second-order valence-electron chi connectivity index (χ2n) is 2.38. The third-order valence-electron chi connectivity index (χ3n) is 1.26. The number of rotatable bonds is 5. The maximum absolute atomic E-state index is 8.24. The average molecular weight is 176 g/mol. The standard InChI is InChI=1S/C6H16N4O2/c1-2-3-4-5-8-6(7)9-10(11)12/h11-12H,2-5H2,1H3,(H3,7,8,9). The van der Waals surface area contributed by atoms with Gasteiger partial charge in [-0.2, -0.15) is 0 Å². The summed E-state index contributed by atoms with van der Waals surface area (Å²) in [5.74, 6) is -0.00361. The van der Waals surface area contributed by atoms with Gasteiger partial charge in [0.2, 0.25) is 5.96 Å². The molecular formula is C6H16N4O2. The predicted octanol–water partition coefficient (Wildman–Crippen LogP) is 0.0763. The van der Waals surface area contributed by atoms with Crippen molar-refractivity contribution in [2.75, 3.05) is 6.54 Å². The van der Waals surface area contributed by atoms with Crippen molar-refractivity contribution >= 4 is 5.96 Å². The molecule has 0 bridgehead atoms. The van der Waals surface area contributed by atoms with Crippen LogP contribution in [0.15, 0.2) is 4.99 Å². The Morgan fingerprint density at radius 2 is 2.17 bits per heavy atom. The van der Waals surface area contributed by atoms with E-state index in [4.69, 9.17) is 16.1 Å². The molecule has 0 aromatic heterocycles. The zero-order chi connectivity index (χ0) is 9.40. The molecule has 0 aromatic rings. The minimum absolute atomic E-state index is 0.00361. The summed E-state index contributed by atoms with van der Waals surface area (Å²) < 4.78 is 0. The lowest BCUT2D eigenvalue weighted by molar-refractivity contribution is -0.329. The van der Waals surface area contributed by atoms with E-state index in [9.17, 15) is 0 Å². The average Bonchev–Trinajstić information content (AvgIpc) is 1.97. The Morgan fingerprint density at radius 3 is 2.67 bits per heavy atom. The van der Waals surface area contributed by atoms with E-state index in [0.717, 1.165) is 19.3 Å². The molecule has 0 rings (SSSR count). The molecule has 0 atom stereocenters. The minimum atomic E-state index is -0.224. The first-order chi connectivity index (χ1) is 5.66. The summed E-state index contributed by atoms with van der Waals surface area (Å²) in [5, 5.41) is 16.3. The van der Waals surface area contributed by atoms with E-state index >= 15 is 0 Å². The van der Waals surface area contributed by atoms with Gasteiger partial charge >= 0.3 is 0 Å². The maximum Gasteiger partial charge on any atom is 0.207 e. The SMILES string of the molecule is CCCCCN=C(N)NN(O)O. The number of hydrogen-bond acceptors (Lipinski definition) is 4. The van der Waals surface area contributed by atoms with Crippen molar-refractivity contribution in [2.24, 2.45) is 10.7 Å². The second kappa shape index (κ2) is 6.84. The maximum atomic E-state index is 8.24. The molecule has 0 aromatic carbocycles. The second-order valence-corrected chi connectivity index (χ2v) is 2.38. The van der Waals surface area contributed by atoms with Gasteiger partial charge in [0.1, 0.15) is 0 Å². The van der Waals surface area contributed by atoms with Crippen molar-refractivity contribution in [3.63, 3.8) is 0 Å². The molecule has 0 heterocycles. The van der Waals surface area contributed by atoms with Gasteiger partial charge in [0.15, 0.2) is 0 Å². The Morgan fingerprint density at radius 1 is 1.50 bits per heavy atom. The molecule has 0 saturated heterocycles. The van der Waals surface area contributed by atoms with Crippen molar-refractivity contribution in [2.45, 2.75) is 26.2 Å². The van der Waals surface area contributed by atoms with E-state index in [-0.39, 0.29) is 11.3 Å². The lowest BCUT2D eigenvalue weighted by atomic mass is 10.2. The van der Waals surface area contributed by atoms with E-state index in [2.05, 4.69) is 11.9 Å². The minimum Gasteiger partial charge on any atom is -0.369 e. The lowest BCUT2D eigenvalue weighted by Crippen LogP contribution is -2.42. The Bertz CT molecular complexity index is 138. The third kappa shape index (κ3) is 7.26. The van der Waals surface area contributed by atoms with Crippen molar-refractivity contribution in [1.82, 2.24) is 10.8 Å². The summed E-state index contributed by atoms with van der Waals surface area (Å²) in [5.41, 5.74) is 7.23. The van der Waals surface area contributed by atoms with E-state index in [1.165, 1.54) is 0 Å². The largest absolute Gasteiger partial charge is 0.369 e. The molecule has 0 aliphatic carbocycles. The van der Waals surface area contributed by atoms with E-state index in [1.54, 1.807) is 0 Å². The summed E-state index contributed by atoms with van der Waals surface area (Å²) in [7, 11) is 0. The summed E-state index contributed by atoms with van der Waals surface area (Å²) in [4.78, 5) is 3.82. The molecule has 0 aliphatic rings. The van der Waals surface area contributed by atoms with Gasteiger partial charge in [-0.05, 0) is 6.42 Å². The van der Waals surface area contributed by atoms with Crippen LogP contribution in [0.1, 0.15) is 26.2 Å². The van der Waals surface area contributed by atoms with Gasteiger partial charge in [0, 0.05) is 11.9 Å². The zero-order valence-corrected chi connectivity index (χ0v) is 7.19. The highest BCUT2D eigenvalue weighted by Crippen LogP contribution is 1.92. The Hall–Kier alpha value is -0.850. The molecule has 0 amide bonds. The number of nitrogens with two attached hydrogens (primary N) is 1. The molecule has 6 nitrogen and oxygen atoms in total. The van der Waals surface area contributed by atoms with Gasteiger partial charge in [-0.1, -0.05) is 19.8 Å². The van der Waals surface area contributed by atoms with Crippen molar-refractivity contribution in [3.8, 4) is 0 Å². The normalized spacial score (nSPS) is 12.2. The molecule has 6 heteroatoms. The van der Waals surface area contributed by atoms with E-state index < -0.39 is 0 Å². The van der Waals surface area contributed by atoms with Crippen molar-refractivity contribution in [3.05, 3.63) is 0 Å². The first kappa shape index (κ1) is 11.2. The molecule has 0 unspecified atom stereocenters. The van der Waals surface area contributed by atoms with Crippen LogP contribution < -0.4 is 11.2 Å². The first-order valence-electron chi connectivity index (χ1n) is 3.91. The molecule has 12 heavy (non-hydrogen) atoms. The van der Waals surface area contributed by atoms with Gasteiger partial charge in [0.05, 0.1) is 0 Å². The van der Waals surface area contributed by atoms with Crippen LogP contribution in [0.25, 0.3) is 0 Å². The highest BCUT2D eigenvalue weighted by atomic mass is 16.8. The van der Waals surface area contributed by atoms with Crippen LogP contribution in [0.5, 0.6) is 0 Å². The van der Waals surface area contributed by atoms with Gasteiger partial charge < -0.3 is 5.73 Å². The highest BCUT2D eigenvalue weighted by Gasteiger charge is 1.93. The Kier molecular flexibility index (Phi) is 6.35. The number of guanidine groups is 1. The van der Waals surface area contributed by atoms with Gasteiger partial charge in [0.25, 0.3) is 0 Å². The van der Waals surface area contributed by atoms with Crippen molar-refractivity contribution < 1.29 is 10.4 Å². The van der Waals surface area contributed by atoms with Crippen LogP contribution in [0.2, 0.25) is 0 Å². The molecular weight excluding hydrogens is 160 g/mol. The van der Waals surface area contributed by atoms with Crippen LogP contribution in [0.3, 0.4) is 0 Å². The molecule has 5 N–H and O–H groups in total. The summed E-state index contributed by atoms with van der Waals surface area (Å²) in [6.07, 6.45) is 3.17. The van der Waals surface area contributed by atoms with Crippen molar-refractivity contribution in [1.29, 1.82) is 0 Å². The molecule has 72 valence electrons. The van der Waals surface area contributed by atoms with E-state index in [0.29, 0.717) is 6.54 Å². The summed E-state index contributed by atoms with van der Waals surface area (Å²) >= 11 is 0. The summed E-state index contributed by atoms with van der Waals surface area (Å²) in [6, 6.07) is 0. The third-order valence-corrected chi connectivity index (χ3v) is 1.26. The number of hydrazine groups is 1. The van der Waals surface area contributed by atoms with Gasteiger partial charge in [-0.3, -0.25) is 15.4 Å². The number of unbranched alkanes of at least 4 members (excludes halogenated alkanes) is 2. The number of nitrogens with one attached hydrogen (secondary N) is 1. The van der Waals surface area contributed by atoms with Crippen LogP contribution in [-0.4, -0.2) is 28.3 Å². The zero-order valence-electron chi connectivity index (χ0n) is 7.19. The first-order valence-corrected chi connectivity index (χ1v) is 3.91. The fourth-order valence-corrected chi connectivity index (χ4v) is 0.699. The van der Waals surface area contributed by atoms with Crippen LogP contribution >= 0.6 is 0 Å². The molecule has 0 spiro atoms. The fourth-order valence-electron chi connectivity index (χ4n) is 0.699. The highest BCUT2D eigenvalue weighted by molar-refractivity contribution is 5.76. The van der Waals surface area contributed by atoms with E-state index in [1.807, 2.05) is 5.43 Å². The Labute approximate surface area is 71.6 Å². The molecule has 0 saturated carbocycles. The van der Waals surface area contributed by atoms with Crippen LogP contribution in [-0.2, 0) is 0 Å². The molecule has 0 radical (unpaired) electrons. The topological polar surface area (TPSA) is 94.1 Å². The molecule has 0 fully saturated rings. The van der Waals surface area contributed by atoms with Gasteiger partial charge in [-0.15, -0.1) is 0 Å².